The topological polar surface area (TPSA) is 74.6 Å². The lowest BCUT2D eigenvalue weighted by atomic mass is 9.63. The van der Waals surface area contributed by atoms with Crippen LogP contribution in [0.5, 0.6) is 5.75 Å². The second-order valence-corrected chi connectivity index (χ2v) is 3.95. The molecule has 0 amide bonds. The summed E-state index contributed by atoms with van der Waals surface area (Å²) in [4.78, 5) is 22.0. The fraction of sp³-hybridized carbons (Fsp3) is 0.273. The number of Topliss-reactive ketones (excluding diaryl/α,β-unsaturated/α-hetero) is 1. The van der Waals surface area contributed by atoms with E-state index in [1.807, 2.05) is 0 Å². The van der Waals surface area contributed by atoms with Crippen LogP contribution in [0.3, 0.4) is 0 Å². The molecule has 16 heavy (non-hydrogen) atoms. The number of rotatable bonds is 2. The molecule has 0 saturated heterocycles. The molecule has 1 aromatic rings. The molecule has 0 radical (unpaired) electrons. The van der Waals surface area contributed by atoms with Crippen LogP contribution in [-0.2, 0) is 15.0 Å². The molecule has 84 valence electrons. The van der Waals surface area contributed by atoms with Crippen LogP contribution in [0, 0.1) is 5.82 Å². The number of hydrogen-bond acceptors (Lipinski definition) is 3. The van der Waals surface area contributed by atoms with E-state index in [9.17, 15) is 14.0 Å². The Kier molecular flexibility index (Phi) is 2.18. The number of hydrogen-bond donors (Lipinski definition) is 2. The first-order chi connectivity index (χ1) is 7.45. The molecule has 0 aromatic heterocycles. The second-order valence-electron chi connectivity index (χ2n) is 3.95. The molecule has 1 saturated carbocycles. The van der Waals surface area contributed by atoms with Crippen molar-refractivity contribution >= 4 is 11.8 Å². The second kappa shape index (κ2) is 3.30. The normalized spacial score (nSPS) is 17.9. The summed E-state index contributed by atoms with van der Waals surface area (Å²) in [5, 5.41) is 18.1. The van der Waals surface area contributed by atoms with E-state index in [0.717, 1.165) is 12.1 Å². The third-order valence-corrected chi connectivity index (χ3v) is 2.91. The number of aliphatic carboxylic acids is 1. The maximum Gasteiger partial charge on any atom is 0.315 e. The van der Waals surface area contributed by atoms with Gasteiger partial charge in [-0.2, -0.15) is 0 Å². The van der Waals surface area contributed by atoms with Crippen LogP contribution in [0.15, 0.2) is 18.2 Å². The van der Waals surface area contributed by atoms with Crippen LogP contribution in [0.4, 0.5) is 4.39 Å². The average Bonchev–Trinajstić information content (AvgIpc) is 2.17. The van der Waals surface area contributed by atoms with Crippen LogP contribution in [0.2, 0.25) is 0 Å². The van der Waals surface area contributed by atoms with Crippen molar-refractivity contribution in [1.29, 1.82) is 0 Å². The van der Waals surface area contributed by atoms with Gasteiger partial charge in [0.25, 0.3) is 0 Å². The first-order valence-electron chi connectivity index (χ1n) is 4.70. The van der Waals surface area contributed by atoms with Crippen LogP contribution in [-0.4, -0.2) is 22.0 Å². The molecule has 5 heteroatoms. The van der Waals surface area contributed by atoms with Gasteiger partial charge in [0.15, 0.2) is 11.6 Å². The van der Waals surface area contributed by atoms with Crippen molar-refractivity contribution in [3.63, 3.8) is 0 Å². The molecular weight excluding hydrogens is 215 g/mol. The molecule has 4 nitrogen and oxygen atoms in total. The van der Waals surface area contributed by atoms with Crippen molar-refractivity contribution in [2.24, 2.45) is 0 Å². The molecule has 1 aliphatic rings. The van der Waals surface area contributed by atoms with E-state index in [2.05, 4.69) is 0 Å². The summed E-state index contributed by atoms with van der Waals surface area (Å²) in [5.74, 6) is -2.71. The molecular formula is C11H9FO4. The Labute approximate surface area is 90.3 Å². The number of aromatic hydroxyl groups is 1. The minimum atomic E-state index is -1.31. The van der Waals surface area contributed by atoms with Gasteiger partial charge in [0.1, 0.15) is 11.2 Å². The SMILES string of the molecule is O=C1CC(C(=O)O)(c2ccc(O)c(F)c2)C1. The maximum absolute atomic E-state index is 13.1. The van der Waals surface area contributed by atoms with E-state index >= 15 is 0 Å². The first-order valence-corrected chi connectivity index (χ1v) is 4.70. The number of phenolic OH excluding ortho intramolecular Hbond substituents is 1. The van der Waals surface area contributed by atoms with E-state index in [0.29, 0.717) is 0 Å². The van der Waals surface area contributed by atoms with Gasteiger partial charge < -0.3 is 10.2 Å². The molecule has 0 aliphatic heterocycles. The van der Waals surface area contributed by atoms with E-state index < -0.39 is 23.0 Å². The lowest BCUT2D eigenvalue weighted by Gasteiger charge is -2.36. The number of phenols is 1. The van der Waals surface area contributed by atoms with Crippen molar-refractivity contribution in [2.45, 2.75) is 18.3 Å². The van der Waals surface area contributed by atoms with Crippen molar-refractivity contribution in [1.82, 2.24) is 0 Å². The molecule has 0 unspecified atom stereocenters. The molecule has 0 spiro atoms. The van der Waals surface area contributed by atoms with Gasteiger partial charge in [-0.25, -0.2) is 4.39 Å². The van der Waals surface area contributed by atoms with Crippen molar-refractivity contribution in [3.8, 4) is 5.75 Å². The molecule has 0 atom stereocenters. The minimum Gasteiger partial charge on any atom is -0.505 e. The van der Waals surface area contributed by atoms with Gasteiger partial charge in [-0.15, -0.1) is 0 Å². The van der Waals surface area contributed by atoms with E-state index in [1.54, 1.807) is 0 Å². The Balaban J connectivity index is 2.45. The fourth-order valence-corrected chi connectivity index (χ4v) is 1.90. The van der Waals surface area contributed by atoms with Gasteiger partial charge in [0.2, 0.25) is 0 Å². The van der Waals surface area contributed by atoms with Crippen LogP contribution in [0.25, 0.3) is 0 Å². The molecule has 1 fully saturated rings. The van der Waals surface area contributed by atoms with Crippen molar-refractivity contribution < 1.29 is 24.2 Å². The molecule has 0 bridgehead atoms. The zero-order chi connectivity index (χ0) is 11.9. The summed E-state index contributed by atoms with van der Waals surface area (Å²) in [5.41, 5.74) is -1.10. The zero-order valence-electron chi connectivity index (χ0n) is 8.24. The quantitative estimate of drug-likeness (QED) is 0.791. The average molecular weight is 224 g/mol. The Morgan fingerprint density at radius 1 is 1.38 bits per heavy atom. The highest BCUT2D eigenvalue weighted by Gasteiger charge is 2.51. The number of carbonyl (C=O) groups is 2. The number of carbonyl (C=O) groups excluding carboxylic acids is 1. The van der Waals surface area contributed by atoms with E-state index in [-0.39, 0.29) is 24.2 Å². The summed E-state index contributed by atoms with van der Waals surface area (Å²) >= 11 is 0. The van der Waals surface area contributed by atoms with E-state index in [4.69, 9.17) is 10.2 Å². The lowest BCUT2D eigenvalue weighted by Crippen LogP contribution is -2.48. The minimum absolute atomic E-state index is 0.119. The molecule has 2 rings (SSSR count). The Morgan fingerprint density at radius 2 is 2.00 bits per heavy atom. The van der Waals surface area contributed by atoms with Gasteiger partial charge in [-0.3, -0.25) is 9.59 Å². The smallest absolute Gasteiger partial charge is 0.315 e. The zero-order valence-corrected chi connectivity index (χ0v) is 8.24. The monoisotopic (exact) mass is 224 g/mol. The molecule has 1 aromatic carbocycles. The van der Waals surface area contributed by atoms with Crippen LogP contribution >= 0.6 is 0 Å². The number of carboxylic acids is 1. The number of ketones is 1. The summed E-state index contributed by atoms with van der Waals surface area (Å²) in [6, 6.07) is 3.40. The molecule has 0 heterocycles. The highest BCUT2D eigenvalue weighted by atomic mass is 19.1. The first kappa shape index (κ1) is 10.6. The third-order valence-electron chi connectivity index (χ3n) is 2.91. The highest BCUT2D eigenvalue weighted by molar-refractivity contribution is 6.01. The Bertz CT molecular complexity index is 473. The summed E-state index contributed by atoms with van der Waals surface area (Å²) in [7, 11) is 0. The molecule has 2 N–H and O–H groups in total. The van der Waals surface area contributed by atoms with Crippen LogP contribution < -0.4 is 0 Å². The van der Waals surface area contributed by atoms with Gasteiger partial charge in [0.05, 0.1) is 0 Å². The van der Waals surface area contributed by atoms with Gasteiger partial charge in [-0.05, 0) is 17.7 Å². The Hall–Kier alpha value is -1.91. The predicted octanol–water partition coefficient (Wildman–Crippen LogP) is 1.22. The van der Waals surface area contributed by atoms with Crippen LogP contribution in [0.1, 0.15) is 18.4 Å². The third kappa shape index (κ3) is 1.36. The van der Waals surface area contributed by atoms with Crippen molar-refractivity contribution in [3.05, 3.63) is 29.6 Å². The number of benzene rings is 1. The van der Waals surface area contributed by atoms with Gasteiger partial charge >= 0.3 is 5.97 Å². The van der Waals surface area contributed by atoms with E-state index in [1.165, 1.54) is 6.07 Å². The summed E-state index contributed by atoms with van der Waals surface area (Å²) in [6.07, 6.45) is -0.237. The summed E-state index contributed by atoms with van der Waals surface area (Å²) < 4.78 is 13.1. The number of carboxylic acid groups (broad SMARTS) is 1. The fourth-order valence-electron chi connectivity index (χ4n) is 1.90. The Morgan fingerprint density at radius 3 is 2.44 bits per heavy atom. The number of halogens is 1. The predicted molar refractivity (Wildman–Crippen MR) is 51.6 cm³/mol. The highest BCUT2D eigenvalue weighted by Crippen LogP contribution is 2.42. The largest absolute Gasteiger partial charge is 0.505 e. The standard InChI is InChI=1S/C11H9FO4/c12-8-3-6(1-2-9(8)14)11(10(15)16)4-7(13)5-11/h1-3,14H,4-5H2,(H,15,16). The summed E-state index contributed by atoms with van der Waals surface area (Å²) in [6.45, 7) is 0. The van der Waals surface area contributed by atoms with Gasteiger partial charge in [0, 0.05) is 12.8 Å². The van der Waals surface area contributed by atoms with Gasteiger partial charge in [-0.1, -0.05) is 6.07 Å². The molecule has 1 aliphatic carbocycles. The maximum atomic E-state index is 13.1. The van der Waals surface area contributed by atoms with Crippen molar-refractivity contribution in [2.75, 3.05) is 0 Å². The lowest BCUT2D eigenvalue weighted by molar-refractivity contribution is -0.153.